The third-order valence-corrected chi connectivity index (χ3v) is 7.41. The van der Waals surface area contributed by atoms with Crippen molar-refractivity contribution >= 4 is 38.5 Å². The van der Waals surface area contributed by atoms with Crippen LogP contribution in [0.5, 0.6) is 0 Å². The van der Waals surface area contributed by atoms with E-state index in [0.29, 0.717) is 10.6 Å². The van der Waals surface area contributed by atoms with E-state index in [1.807, 2.05) is 62.4 Å². The first kappa shape index (κ1) is 19.4. The predicted molar refractivity (Wildman–Crippen MR) is 118 cm³/mol. The summed E-state index contributed by atoms with van der Waals surface area (Å²) in [6.45, 7) is 4.10. The molecule has 29 heavy (non-hydrogen) atoms. The number of nitrogens with one attached hydrogen (secondary N) is 1. The molecule has 4 rings (SSSR count). The Morgan fingerprint density at radius 3 is 2.52 bits per heavy atom. The molecule has 1 N–H and O–H groups in total. The summed E-state index contributed by atoms with van der Waals surface area (Å²) in [5.41, 5.74) is 4.16. The molecule has 2 aromatic carbocycles. The molecule has 148 valence electrons. The van der Waals surface area contributed by atoms with Gasteiger partial charge in [-0.2, -0.15) is 0 Å². The molecular weight excluding hydrogens is 404 g/mol. The fourth-order valence-corrected chi connectivity index (χ4v) is 5.68. The molecule has 0 amide bonds. The Morgan fingerprint density at radius 2 is 1.79 bits per heavy atom. The van der Waals surface area contributed by atoms with E-state index in [9.17, 15) is 13.2 Å². The number of aryl methyl sites for hydroxylation is 2. The molecule has 0 atom stereocenters. The van der Waals surface area contributed by atoms with Crippen LogP contribution in [0.15, 0.2) is 71.1 Å². The van der Waals surface area contributed by atoms with Crippen LogP contribution < -0.4 is 9.62 Å². The lowest BCUT2D eigenvalue weighted by Crippen LogP contribution is -2.38. The Balaban J connectivity index is 1.74. The minimum atomic E-state index is -4.00. The number of nitrogens with zero attached hydrogens (tertiary/aromatic N) is 1. The zero-order chi connectivity index (χ0) is 20.6. The molecule has 3 aromatic rings. The third kappa shape index (κ3) is 3.71. The zero-order valence-corrected chi connectivity index (χ0v) is 17.7. The lowest BCUT2D eigenvalue weighted by atomic mass is 10.1. The van der Waals surface area contributed by atoms with Gasteiger partial charge in [-0.25, -0.2) is 8.42 Å². The van der Waals surface area contributed by atoms with E-state index < -0.39 is 15.8 Å². The number of Topliss-reactive ketones (excluding diaryl/α,β-unsaturated/α-hetero) is 1. The molecular formula is C22H20N2O3S2. The Bertz CT molecular complexity index is 1210. The van der Waals surface area contributed by atoms with Gasteiger partial charge < -0.3 is 5.32 Å². The van der Waals surface area contributed by atoms with Crippen LogP contribution in [-0.4, -0.2) is 14.2 Å². The largest absolute Gasteiger partial charge is 0.360 e. The van der Waals surface area contributed by atoms with Crippen LogP contribution in [0.2, 0.25) is 0 Å². The van der Waals surface area contributed by atoms with E-state index in [0.717, 1.165) is 22.4 Å². The van der Waals surface area contributed by atoms with E-state index in [-0.39, 0.29) is 11.4 Å². The standard InChI is InChI=1S/C22H20N2O3S2/c1-15-6-8-17(9-7-15)14-24-19-10-11-28-22(19)21(25)20(29(24,26)27)13-23-18-5-3-4-16(2)12-18/h3-13,23H,14H2,1-2H3/b20-13-. The van der Waals surface area contributed by atoms with Crippen LogP contribution >= 0.6 is 11.3 Å². The first-order chi connectivity index (χ1) is 13.9. The average Bonchev–Trinajstić information content (AvgIpc) is 3.16. The number of ketones is 1. The van der Waals surface area contributed by atoms with E-state index in [4.69, 9.17) is 0 Å². The second-order valence-electron chi connectivity index (χ2n) is 6.98. The number of sulfonamides is 1. The van der Waals surface area contributed by atoms with Crippen molar-refractivity contribution in [3.63, 3.8) is 0 Å². The van der Waals surface area contributed by atoms with Crippen molar-refractivity contribution < 1.29 is 13.2 Å². The summed E-state index contributed by atoms with van der Waals surface area (Å²) in [5.74, 6) is -0.477. The number of anilines is 2. The van der Waals surface area contributed by atoms with Crippen LogP contribution in [0.1, 0.15) is 26.4 Å². The lowest BCUT2D eigenvalue weighted by molar-refractivity contribution is 0.104. The number of thiophene rings is 1. The molecule has 0 fully saturated rings. The molecule has 1 aliphatic rings. The van der Waals surface area contributed by atoms with E-state index in [1.54, 1.807) is 11.4 Å². The molecule has 1 aliphatic heterocycles. The summed E-state index contributed by atoms with van der Waals surface area (Å²) in [6.07, 6.45) is 1.30. The fraction of sp³-hybridized carbons (Fsp3) is 0.136. The van der Waals surface area contributed by atoms with Gasteiger partial charge in [-0.05, 0) is 48.6 Å². The van der Waals surface area contributed by atoms with Gasteiger partial charge >= 0.3 is 0 Å². The van der Waals surface area contributed by atoms with Crippen molar-refractivity contribution in [1.29, 1.82) is 0 Å². The van der Waals surface area contributed by atoms with Crippen LogP contribution in [0.4, 0.5) is 11.4 Å². The van der Waals surface area contributed by atoms with Gasteiger partial charge in [0.1, 0.15) is 4.88 Å². The van der Waals surface area contributed by atoms with Gasteiger partial charge in [-0.3, -0.25) is 9.10 Å². The summed E-state index contributed by atoms with van der Waals surface area (Å²) in [7, 11) is -4.00. The van der Waals surface area contributed by atoms with Crippen molar-refractivity contribution in [2.45, 2.75) is 20.4 Å². The zero-order valence-electron chi connectivity index (χ0n) is 16.0. The second-order valence-corrected chi connectivity index (χ2v) is 9.73. The van der Waals surface area contributed by atoms with Crippen molar-refractivity contribution in [2.75, 3.05) is 9.62 Å². The summed E-state index contributed by atoms with van der Waals surface area (Å²) >= 11 is 1.25. The Labute approximate surface area is 174 Å². The molecule has 0 unspecified atom stereocenters. The third-order valence-electron chi connectivity index (χ3n) is 4.75. The number of fused-ring (bicyclic) bond motifs is 1. The van der Waals surface area contributed by atoms with Crippen LogP contribution in [0.3, 0.4) is 0 Å². The molecule has 0 bridgehead atoms. The SMILES string of the molecule is Cc1ccc(CN2c3ccsc3C(=O)/C(=C/Nc3cccc(C)c3)S2(=O)=O)cc1. The maximum Gasteiger partial charge on any atom is 0.270 e. The molecule has 1 aromatic heterocycles. The number of benzene rings is 2. The molecule has 0 aliphatic carbocycles. The van der Waals surface area contributed by atoms with Crippen LogP contribution in [0, 0.1) is 13.8 Å². The summed E-state index contributed by atoms with van der Waals surface area (Å²) < 4.78 is 28.0. The molecule has 7 heteroatoms. The van der Waals surface area contributed by atoms with Gasteiger partial charge in [-0.1, -0.05) is 42.0 Å². The quantitative estimate of drug-likeness (QED) is 0.608. The second kappa shape index (κ2) is 7.50. The number of carbonyl (C=O) groups is 1. The Morgan fingerprint density at radius 1 is 1.03 bits per heavy atom. The smallest absolute Gasteiger partial charge is 0.270 e. The first-order valence-corrected chi connectivity index (χ1v) is 11.4. The van der Waals surface area contributed by atoms with Gasteiger partial charge in [0.05, 0.1) is 12.2 Å². The predicted octanol–water partition coefficient (Wildman–Crippen LogP) is 4.85. The average molecular weight is 425 g/mol. The maximum atomic E-state index is 13.3. The van der Waals surface area contributed by atoms with Crippen LogP contribution in [-0.2, 0) is 16.6 Å². The highest BCUT2D eigenvalue weighted by atomic mass is 32.2. The number of carbonyl (C=O) groups excluding carboxylic acids is 1. The van der Waals surface area contributed by atoms with Crippen molar-refractivity contribution in [3.8, 4) is 0 Å². The van der Waals surface area contributed by atoms with Gasteiger partial charge in [0.25, 0.3) is 10.0 Å². The first-order valence-electron chi connectivity index (χ1n) is 9.10. The van der Waals surface area contributed by atoms with Crippen molar-refractivity contribution in [2.24, 2.45) is 0 Å². The molecule has 0 radical (unpaired) electrons. The molecule has 0 saturated carbocycles. The minimum Gasteiger partial charge on any atom is -0.360 e. The van der Waals surface area contributed by atoms with E-state index in [1.165, 1.54) is 21.8 Å². The molecule has 2 heterocycles. The topological polar surface area (TPSA) is 66.5 Å². The highest BCUT2D eigenvalue weighted by molar-refractivity contribution is 7.97. The Hall–Kier alpha value is -2.90. The van der Waals surface area contributed by atoms with Crippen LogP contribution in [0.25, 0.3) is 0 Å². The highest BCUT2D eigenvalue weighted by Gasteiger charge is 2.41. The summed E-state index contributed by atoms with van der Waals surface area (Å²) in [4.78, 5) is 13.1. The summed E-state index contributed by atoms with van der Waals surface area (Å²) in [6, 6.07) is 16.9. The fourth-order valence-electron chi connectivity index (χ4n) is 3.20. The van der Waals surface area contributed by atoms with Crippen molar-refractivity contribution in [1.82, 2.24) is 0 Å². The molecule has 5 nitrogen and oxygen atoms in total. The maximum absolute atomic E-state index is 13.3. The number of hydrogen-bond acceptors (Lipinski definition) is 5. The number of allylic oxidation sites excluding steroid dienone is 1. The Kier molecular flexibility index (Phi) is 5.02. The molecule has 0 saturated heterocycles. The van der Waals surface area contributed by atoms with E-state index in [2.05, 4.69) is 5.32 Å². The normalized spacial score (nSPS) is 16.7. The van der Waals surface area contributed by atoms with Gasteiger partial charge in [-0.15, -0.1) is 11.3 Å². The van der Waals surface area contributed by atoms with E-state index >= 15 is 0 Å². The lowest BCUT2D eigenvalue weighted by Gasteiger charge is -2.29. The highest BCUT2D eigenvalue weighted by Crippen LogP contribution is 2.39. The monoisotopic (exact) mass is 424 g/mol. The van der Waals surface area contributed by atoms with Gasteiger partial charge in [0, 0.05) is 11.9 Å². The van der Waals surface area contributed by atoms with Gasteiger partial charge in [0.15, 0.2) is 4.91 Å². The van der Waals surface area contributed by atoms with Crippen molar-refractivity contribution in [3.05, 3.63) is 92.6 Å². The number of hydrogen-bond donors (Lipinski definition) is 1. The minimum absolute atomic E-state index is 0.168. The summed E-state index contributed by atoms with van der Waals surface area (Å²) in [5, 5.41) is 4.72. The molecule has 0 spiro atoms. The van der Waals surface area contributed by atoms with Gasteiger partial charge in [0.2, 0.25) is 5.78 Å². The number of rotatable bonds is 4.